The second kappa shape index (κ2) is 9.09. The van der Waals surface area contributed by atoms with Gasteiger partial charge in [0.25, 0.3) is 11.8 Å². The van der Waals surface area contributed by atoms with Crippen molar-refractivity contribution in [2.45, 2.75) is 26.8 Å². The average Bonchev–Trinajstić information content (AvgIpc) is 3.07. The van der Waals surface area contributed by atoms with Gasteiger partial charge in [0, 0.05) is 60.1 Å². The maximum atomic E-state index is 12.2. The summed E-state index contributed by atoms with van der Waals surface area (Å²) >= 11 is 0. The largest absolute Gasteiger partial charge is 0.355 e. The molecule has 2 aromatic carbocycles. The van der Waals surface area contributed by atoms with E-state index in [4.69, 9.17) is 0 Å². The zero-order chi connectivity index (χ0) is 21.0. The number of likely N-dealkylation sites (N-methyl/N-ethyl adjacent to an activating group) is 1. The molecule has 0 saturated heterocycles. The molecule has 0 aliphatic rings. The standard InChI is InChI=1S/C23H30N4O2/c1-5-11-26(6-2)12-13-27-20-9-7-16(22(28)24-3)14-18(20)19-15-17(23(29)25-4)8-10-21(19)27/h7-10,14-15H,5-6,11-13H2,1-4H3,(H,24,28)(H,25,29). The molecule has 1 heterocycles. The van der Waals surface area contributed by atoms with E-state index in [1.165, 1.54) is 0 Å². The van der Waals surface area contributed by atoms with Crippen LogP contribution in [0.15, 0.2) is 36.4 Å². The van der Waals surface area contributed by atoms with Gasteiger partial charge in [0.15, 0.2) is 0 Å². The van der Waals surface area contributed by atoms with Crippen LogP contribution in [0.1, 0.15) is 41.0 Å². The predicted molar refractivity (Wildman–Crippen MR) is 119 cm³/mol. The summed E-state index contributed by atoms with van der Waals surface area (Å²) in [6.45, 7) is 8.29. The molecule has 0 aliphatic heterocycles. The van der Waals surface area contributed by atoms with Crippen LogP contribution in [-0.2, 0) is 6.54 Å². The maximum Gasteiger partial charge on any atom is 0.251 e. The zero-order valence-electron chi connectivity index (χ0n) is 17.7. The molecular formula is C23H30N4O2. The van der Waals surface area contributed by atoms with Crippen molar-refractivity contribution in [1.29, 1.82) is 0 Å². The van der Waals surface area contributed by atoms with Gasteiger partial charge in [0.05, 0.1) is 0 Å². The minimum Gasteiger partial charge on any atom is -0.355 e. The second-order valence-corrected chi connectivity index (χ2v) is 7.21. The second-order valence-electron chi connectivity index (χ2n) is 7.21. The molecule has 154 valence electrons. The molecule has 6 nitrogen and oxygen atoms in total. The summed E-state index contributed by atoms with van der Waals surface area (Å²) in [5, 5.41) is 7.35. The van der Waals surface area contributed by atoms with Crippen molar-refractivity contribution in [1.82, 2.24) is 20.1 Å². The van der Waals surface area contributed by atoms with Crippen LogP contribution < -0.4 is 10.6 Å². The highest BCUT2D eigenvalue weighted by Crippen LogP contribution is 2.31. The van der Waals surface area contributed by atoms with Gasteiger partial charge in [-0.15, -0.1) is 0 Å². The normalized spacial score (nSPS) is 11.3. The molecule has 0 fully saturated rings. The van der Waals surface area contributed by atoms with E-state index in [1.54, 1.807) is 14.1 Å². The lowest BCUT2D eigenvalue weighted by Gasteiger charge is -2.20. The van der Waals surface area contributed by atoms with Crippen molar-refractivity contribution < 1.29 is 9.59 Å². The van der Waals surface area contributed by atoms with Gasteiger partial charge in [-0.1, -0.05) is 13.8 Å². The number of carbonyl (C=O) groups excluding carboxylic acids is 2. The Morgan fingerprint density at radius 1 is 0.862 bits per heavy atom. The van der Waals surface area contributed by atoms with Crippen LogP contribution in [0, 0.1) is 0 Å². The highest BCUT2D eigenvalue weighted by Gasteiger charge is 2.16. The Morgan fingerprint density at radius 2 is 1.38 bits per heavy atom. The van der Waals surface area contributed by atoms with E-state index in [0.717, 1.165) is 54.4 Å². The third-order valence-electron chi connectivity index (χ3n) is 5.47. The van der Waals surface area contributed by atoms with Crippen LogP contribution in [0.2, 0.25) is 0 Å². The predicted octanol–water partition coefficient (Wildman–Crippen LogP) is 3.25. The van der Waals surface area contributed by atoms with Crippen molar-refractivity contribution in [3.8, 4) is 0 Å². The van der Waals surface area contributed by atoms with Crippen molar-refractivity contribution >= 4 is 33.6 Å². The highest BCUT2D eigenvalue weighted by atomic mass is 16.2. The number of hydrogen-bond donors (Lipinski definition) is 2. The Balaban J connectivity index is 2.15. The van der Waals surface area contributed by atoms with E-state index in [1.807, 2.05) is 36.4 Å². The Kier molecular flexibility index (Phi) is 6.54. The summed E-state index contributed by atoms with van der Waals surface area (Å²) in [7, 11) is 3.26. The molecule has 3 rings (SSSR count). The molecule has 0 radical (unpaired) electrons. The average molecular weight is 395 g/mol. The summed E-state index contributed by atoms with van der Waals surface area (Å²) in [6.07, 6.45) is 1.13. The molecule has 0 saturated carbocycles. The number of amides is 2. The van der Waals surface area contributed by atoms with E-state index in [0.29, 0.717) is 11.1 Å². The number of fused-ring (bicyclic) bond motifs is 3. The topological polar surface area (TPSA) is 66.4 Å². The van der Waals surface area contributed by atoms with Crippen molar-refractivity contribution in [2.75, 3.05) is 33.7 Å². The molecule has 1 aromatic heterocycles. The monoisotopic (exact) mass is 394 g/mol. The lowest BCUT2D eigenvalue weighted by Crippen LogP contribution is -2.28. The Labute approximate surface area is 171 Å². The minimum atomic E-state index is -0.115. The number of benzene rings is 2. The van der Waals surface area contributed by atoms with Crippen LogP contribution in [0.25, 0.3) is 21.8 Å². The third kappa shape index (κ3) is 4.12. The summed E-state index contributed by atoms with van der Waals surface area (Å²) < 4.78 is 2.30. The number of hydrogen-bond acceptors (Lipinski definition) is 3. The smallest absolute Gasteiger partial charge is 0.251 e. The van der Waals surface area contributed by atoms with Crippen molar-refractivity contribution in [3.05, 3.63) is 47.5 Å². The summed E-state index contributed by atoms with van der Waals surface area (Å²) in [4.78, 5) is 26.8. The van der Waals surface area contributed by atoms with Gasteiger partial charge >= 0.3 is 0 Å². The molecule has 2 amide bonds. The van der Waals surface area contributed by atoms with Gasteiger partial charge in [-0.05, 0) is 55.9 Å². The number of aromatic nitrogens is 1. The molecule has 6 heteroatoms. The van der Waals surface area contributed by atoms with Gasteiger partial charge in [-0.3, -0.25) is 9.59 Å². The number of carbonyl (C=O) groups is 2. The lowest BCUT2D eigenvalue weighted by molar-refractivity contribution is 0.0955. The quantitative estimate of drug-likeness (QED) is 0.616. The van der Waals surface area contributed by atoms with Gasteiger partial charge in [0.1, 0.15) is 0 Å². The zero-order valence-corrected chi connectivity index (χ0v) is 17.7. The molecule has 29 heavy (non-hydrogen) atoms. The maximum absolute atomic E-state index is 12.2. The molecule has 0 atom stereocenters. The first kappa shape index (κ1) is 20.9. The Bertz CT molecular complexity index is 965. The molecule has 3 aromatic rings. The van der Waals surface area contributed by atoms with Crippen LogP contribution in [0.5, 0.6) is 0 Å². The lowest BCUT2D eigenvalue weighted by atomic mass is 10.1. The fraction of sp³-hybridized carbons (Fsp3) is 0.391. The first-order valence-electron chi connectivity index (χ1n) is 10.3. The first-order valence-corrected chi connectivity index (χ1v) is 10.3. The molecule has 2 N–H and O–H groups in total. The van der Waals surface area contributed by atoms with Crippen molar-refractivity contribution in [2.24, 2.45) is 0 Å². The summed E-state index contributed by atoms with van der Waals surface area (Å²) in [5.74, 6) is -0.231. The molecule has 0 spiro atoms. The highest BCUT2D eigenvalue weighted by molar-refractivity contribution is 6.12. The van der Waals surface area contributed by atoms with E-state index in [9.17, 15) is 9.59 Å². The van der Waals surface area contributed by atoms with Gasteiger partial charge in [-0.2, -0.15) is 0 Å². The van der Waals surface area contributed by atoms with Crippen LogP contribution in [-0.4, -0.2) is 55.0 Å². The number of nitrogens with one attached hydrogen (secondary N) is 2. The summed E-state index contributed by atoms with van der Waals surface area (Å²) in [5.41, 5.74) is 3.39. The van der Waals surface area contributed by atoms with E-state index < -0.39 is 0 Å². The van der Waals surface area contributed by atoms with E-state index >= 15 is 0 Å². The van der Waals surface area contributed by atoms with Crippen molar-refractivity contribution in [3.63, 3.8) is 0 Å². The minimum absolute atomic E-state index is 0.115. The summed E-state index contributed by atoms with van der Waals surface area (Å²) in [6, 6.07) is 11.6. The van der Waals surface area contributed by atoms with E-state index in [2.05, 4.69) is 33.9 Å². The van der Waals surface area contributed by atoms with Gasteiger partial charge in [-0.25, -0.2) is 0 Å². The van der Waals surface area contributed by atoms with E-state index in [-0.39, 0.29) is 11.8 Å². The fourth-order valence-corrected chi connectivity index (χ4v) is 3.90. The van der Waals surface area contributed by atoms with Crippen LogP contribution >= 0.6 is 0 Å². The number of rotatable bonds is 8. The molecular weight excluding hydrogens is 364 g/mol. The third-order valence-corrected chi connectivity index (χ3v) is 5.47. The number of nitrogens with zero attached hydrogens (tertiary/aromatic N) is 2. The molecule has 0 unspecified atom stereocenters. The van der Waals surface area contributed by atoms with Gasteiger partial charge in [0.2, 0.25) is 0 Å². The SMILES string of the molecule is CCCN(CC)CCn1c2ccc(C(=O)NC)cc2c2cc(C(=O)NC)ccc21. The molecule has 0 aliphatic carbocycles. The van der Waals surface area contributed by atoms with Gasteiger partial charge < -0.3 is 20.1 Å². The Hall–Kier alpha value is -2.86. The van der Waals surface area contributed by atoms with Crippen LogP contribution in [0.3, 0.4) is 0 Å². The van der Waals surface area contributed by atoms with Crippen LogP contribution in [0.4, 0.5) is 0 Å². The first-order chi connectivity index (χ1) is 14.0. The molecule has 0 bridgehead atoms. The Morgan fingerprint density at radius 3 is 1.79 bits per heavy atom. The fourth-order valence-electron chi connectivity index (χ4n) is 3.90.